The maximum atomic E-state index is 12.9. The van der Waals surface area contributed by atoms with Crippen LogP contribution in [0.2, 0.25) is 0 Å². The van der Waals surface area contributed by atoms with Crippen molar-refractivity contribution in [1.82, 2.24) is 10.2 Å². The van der Waals surface area contributed by atoms with Gasteiger partial charge in [-0.05, 0) is 62.0 Å². The van der Waals surface area contributed by atoms with E-state index in [4.69, 9.17) is 4.74 Å². The third-order valence-electron chi connectivity index (χ3n) is 6.89. The number of fused-ring (bicyclic) bond motifs is 3. The molecule has 0 saturated heterocycles. The highest BCUT2D eigenvalue weighted by Crippen LogP contribution is 2.49. The summed E-state index contributed by atoms with van der Waals surface area (Å²) in [6, 6.07) is 8.38. The van der Waals surface area contributed by atoms with Crippen LogP contribution in [0, 0.1) is 11.8 Å². The average molecular weight is 357 g/mol. The average Bonchev–Trinajstić information content (AvgIpc) is 3.03. The van der Waals surface area contributed by atoms with E-state index in [-0.39, 0.29) is 17.0 Å². The summed E-state index contributed by atoms with van der Waals surface area (Å²) in [7, 11) is 1.84. The molecule has 2 fully saturated rings. The van der Waals surface area contributed by atoms with Crippen molar-refractivity contribution < 1.29 is 9.53 Å². The second kappa shape index (κ2) is 6.65. The predicted molar refractivity (Wildman–Crippen MR) is 103 cm³/mol. The van der Waals surface area contributed by atoms with Gasteiger partial charge in [-0.2, -0.15) is 0 Å². The number of carbonyl (C=O) groups is 1. The molecule has 1 heterocycles. The zero-order chi connectivity index (χ0) is 18.4. The topological polar surface area (TPSA) is 41.6 Å². The van der Waals surface area contributed by atoms with Crippen LogP contribution in [0.25, 0.3) is 0 Å². The van der Waals surface area contributed by atoms with Gasteiger partial charge in [0.2, 0.25) is 5.91 Å². The van der Waals surface area contributed by atoms with Gasteiger partial charge in [0.1, 0.15) is 0 Å². The van der Waals surface area contributed by atoms with Crippen molar-refractivity contribution in [2.75, 3.05) is 13.7 Å². The number of ether oxygens (including phenoxy) is 1. The summed E-state index contributed by atoms with van der Waals surface area (Å²) in [5.74, 6) is 1.64. The molecule has 1 aromatic rings. The molecule has 4 unspecified atom stereocenters. The van der Waals surface area contributed by atoms with Crippen LogP contribution in [-0.4, -0.2) is 35.6 Å². The fourth-order valence-corrected chi connectivity index (χ4v) is 5.98. The van der Waals surface area contributed by atoms with Crippen LogP contribution in [0.15, 0.2) is 24.3 Å². The first-order chi connectivity index (χ1) is 12.4. The van der Waals surface area contributed by atoms with Crippen LogP contribution in [0.4, 0.5) is 0 Å². The van der Waals surface area contributed by atoms with E-state index in [2.05, 4.69) is 43.4 Å². The summed E-state index contributed by atoms with van der Waals surface area (Å²) < 4.78 is 5.89. The van der Waals surface area contributed by atoms with Gasteiger partial charge < -0.3 is 15.0 Å². The van der Waals surface area contributed by atoms with E-state index in [0.29, 0.717) is 18.4 Å². The molecule has 3 aliphatic rings. The van der Waals surface area contributed by atoms with Gasteiger partial charge in [-0.1, -0.05) is 31.2 Å². The maximum Gasteiger partial charge on any atom is 0.237 e. The summed E-state index contributed by atoms with van der Waals surface area (Å²) in [6.07, 6.45) is 5.77. The molecular formula is C22H32N2O2. The number of methoxy groups -OCH3 is 1. The molecule has 4 heteroatoms. The quantitative estimate of drug-likeness (QED) is 0.898. The summed E-state index contributed by atoms with van der Waals surface area (Å²) >= 11 is 0. The molecule has 1 amide bonds. The highest BCUT2D eigenvalue weighted by molar-refractivity contribution is 5.79. The minimum Gasteiger partial charge on any atom is -0.378 e. The first kappa shape index (κ1) is 18.0. The number of amides is 1. The van der Waals surface area contributed by atoms with Crippen molar-refractivity contribution in [2.24, 2.45) is 11.8 Å². The monoisotopic (exact) mass is 356 g/mol. The van der Waals surface area contributed by atoms with E-state index in [1.165, 1.54) is 24.0 Å². The standard InChI is InChI=1S/C22H32N2O2/c1-16-8-17-10-21(2,26-3)15-22(9-16,11-17)23-12-20(25)24-13-18-6-4-5-7-19(18)14-24/h4-7,16-17,23H,8-15H2,1-3H3. The normalized spacial score (nSPS) is 36.0. The predicted octanol–water partition coefficient (Wildman–Crippen LogP) is 3.49. The largest absolute Gasteiger partial charge is 0.378 e. The molecule has 2 bridgehead atoms. The fourth-order valence-electron chi connectivity index (χ4n) is 5.98. The van der Waals surface area contributed by atoms with E-state index in [1.807, 2.05) is 12.0 Å². The van der Waals surface area contributed by atoms with Crippen molar-refractivity contribution in [2.45, 2.75) is 70.2 Å². The second-order valence-electron chi connectivity index (χ2n) is 9.30. The minimum absolute atomic E-state index is 0.0492. The SMILES string of the molecule is COC1(C)CC2CC(C)CC(NCC(=O)N3Cc4ccccc4C3)(C2)C1. The van der Waals surface area contributed by atoms with Crippen LogP contribution in [0.3, 0.4) is 0 Å². The van der Waals surface area contributed by atoms with E-state index in [0.717, 1.165) is 32.4 Å². The van der Waals surface area contributed by atoms with Gasteiger partial charge >= 0.3 is 0 Å². The van der Waals surface area contributed by atoms with Crippen LogP contribution >= 0.6 is 0 Å². The Labute approximate surface area is 157 Å². The van der Waals surface area contributed by atoms with Gasteiger partial charge in [0.15, 0.2) is 0 Å². The van der Waals surface area contributed by atoms with Gasteiger partial charge in [-0.25, -0.2) is 0 Å². The van der Waals surface area contributed by atoms with Crippen LogP contribution in [0.5, 0.6) is 0 Å². The molecule has 0 spiro atoms. The number of nitrogens with zero attached hydrogens (tertiary/aromatic N) is 1. The van der Waals surface area contributed by atoms with Gasteiger partial charge in [0.25, 0.3) is 0 Å². The lowest BCUT2D eigenvalue weighted by molar-refractivity contribution is -0.133. The molecule has 4 atom stereocenters. The van der Waals surface area contributed by atoms with Gasteiger partial charge in [-0.3, -0.25) is 4.79 Å². The van der Waals surface area contributed by atoms with Crippen LogP contribution < -0.4 is 5.32 Å². The molecule has 2 aliphatic carbocycles. The van der Waals surface area contributed by atoms with Gasteiger partial charge in [-0.15, -0.1) is 0 Å². The fraction of sp³-hybridized carbons (Fsp3) is 0.682. The Kier molecular flexibility index (Phi) is 4.60. The maximum absolute atomic E-state index is 12.9. The van der Waals surface area contributed by atoms with E-state index >= 15 is 0 Å². The molecule has 2 saturated carbocycles. The lowest BCUT2D eigenvalue weighted by Gasteiger charge is -2.54. The summed E-state index contributed by atoms with van der Waals surface area (Å²) in [6.45, 7) is 6.53. The van der Waals surface area contributed by atoms with Gasteiger partial charge in [0.05, 0.1) is 12.1 Å². The number of rotatable bonds is 4. The Morgan fingerprint density at radius 2 is 1.92 bits per heavy atom. The Bertz CT molecular complexity index is 661. The van der Waals surface area contributed by atoms with Crippen molar-refractivity contribution in [1.29, 1.82) is 0 Å². The number of nitrogens with one attached hydrogen (secondary N) is 1. The Morgan fingerprint density at radius 1 is 1.23 bits per heavy atom. The van der Waals surface area contributed by atoms with Crippen LogP contribution in [-0.2, 0) is 22.6 Å². The Morgan fingerprint density at radius 3 is 2.58 bits per heavy atom. The summed E-state index contributed by atoms with van der Waals surface area (Å²) in [4.78, 5) is 14.8. The highest BCUT2D eigenvalue weighted by atomic mass is 16.5. The van der Waals surface area contributed by atoms with Crippen LogP contribution in [0.1, 0.15) is 57.1 Å². The molecule has 4 nitrogen and oxygen atoms in total. The van der Waals surface area contributed by atoms with E-state index in [1.54, 1.807) is 0 Å². The molecule has 0 radical (unpaired) electrons. The van der Waals surface area contributed by atoms with Crippen molar-refractivity contribution >= 4 is 5.91 Å². The molecule has 142 valence electrons. The lowest BCUT2D eigenvalue weighted by atomic mass is 9.59. The summed E-state index contributed by atoms with van der Waals surface area (Å²) in [5, 5.41) is 3.72. The first-order valence-corrected chi connectivity index (χ1v) is 10.1. The Hall–Kier alpha value is -1.39. The first-order valence-electron chi connectivity index (χ1n) is 10.1. The Balaban J connectivity index is 1.42. The van der Waals surface area contributed by atoms with E-state index in [9.17, 15) is 4.79 Å². The molecule has 26 heavy (non-hydrogen) atoms. The highest BCUT2D eigenvalue weighted by Gasteiger charge is 2.50. The lowest BCUT2D eigenvalue weighted by Crippen LogP contribution is -2.60. The second-order valence-corrected chi connectivity index (χ2v) is 9.30. The third-order valence-corrected chi connectivity index (χ3v) is 6.89. The minimum atomic E-state index is -0.0665. The van der Waals surface area contributed by atoms with Crippen molar-refractivity contribution in [3.05, 3.63) is 35.4 Å². The molecule has 1 aliphatic heterocycles. The molecular weight excluding hydrogens is 324 g/mol. The number of hydrogen-bond donors (Lipinski definition) is 1. The number of hydrogen-bond acceptors (Lipinski definition) is 3. The summed E-state index contributed by atoms with van der Waals surface area (Å²) in [5.41, 5.74) is 2.56. The molecule has 1 N–H and O–H groups in total. The molecule has 0 aromatic heterocycles. The zero-order valence-electron chi connectivity index (χ0n) is 16.4. The third kappa shape index (κ3) is 3.41. The van der Waals surface area contributed by atoms with E-state index < -0.39 is 0 Å². The van der Waals surface area contributed by atoms with Crippen molar-refractivity contribution in [3.8, 4) is 0 Å². The van der Waals surface area contributed by atoms with Gasteiger partial charge in [0, 0.05) is 25.7 Å². The van der Waals surface area contributed by atoms with Crippen molar-refractivity contribution in [3.63, 3.8) is 0 Å². The molecule has 4 rings (SSSR count). The smallest absolute Gasteiger partial charge is 0.237 e. The zero-order valence-corrected chi connectivity index (χ0v) is 16.4. The number of benzene rings is 1. The number of carbonyl (C=O) groups excluding carboxylic acids is 1. The molecule has 1 aromatic carbocycles.